The number of carbonyl (C=O) groups is 3. The van der Waals surface area contributed by atoms with Gasteiger partial charge in [0.05, 0.1) is 50.7 Å². The highest BCUT2D eigenvalue weighted by molar-refractivity contribution is 6.20. The molecule has 2 aliphatic heterocycles. The number of morpholine rings is 1. The number of esters is 1. The highest BCUT2D eigenvalue weighted by Gasteiger charge is 2.40. The molecule has 1 atom stereocenters. The summed E-state index contributed by atoms with van der Waals surface area (Å²) in [6.07, 6.45) is 2.50. The fourth-order valence-corrected chi connectivity index (χ4v) is 4.80. The van der Waals surface area contributed by atoms with Gasteiger partial charge in [-0.3, -0.25) is 14.3 Å². The Morgan fingerprint density at radius 1 is 1.00 bits per heavy atom. The van der Waals surface area contributed by atoms with Gasteiger partial charge in [0.1, 0.15) is 31.0 Å². The van der Waals surface area contributed by atoms with Gasteiger partial charge in [0.2, 0.25) is 6.10 Å². The molecule has 2 aliphatic rings. The van der Waals surface area contributed by atoms with E-state index >= 15 is 0 Å². The number of nitrogens with zero attached hydrogens (tertiary/aromatic N) is 4. The van der Waals surface area contributed by atoms with E-state index in [4.69, 9.17) is 19.0 Å². The number of benzene rings is 2. The Morgan fingerprint density at radius 2 is 1.63 bits per heavy atom. The van der Waals surface area contributed by atoms with Crippen LogP contribution >= 0.6 is 0 Å². The molecule has 0 spiro atoms. The van der Waals surface area contributed by atoms with Gasteiger partial charge in [0, 0.05) is 11.8 Å². The first-order valence-electron chi connectivity index (χ1n) is 14.1. The number of rotatable bonds is 10. The van der Waals surface area contributed by atoms with Gasteiger partial charge in [0.25, 0.3) is 11.8 Å². The summed E-state index contributed by atoms with van der Waals surface area (Å²) in [5.41, 5.74) is 1.55. The van der Waals surface area contributed by atoms with Gasteiger partial charge in [-0.25, -0.2) is 9.63 Å². The molecule has 3 heterocycles. The molecule has 5 rings (SSSR count). The Kier molecular flexibility index (Phi) is 10.3. The summed E-state index contributed by atoms with van der Waals surface area (Å²) in [7, 11) is 2.25. The van der Waals surface area contributed by atoms with Gasteiger partial charge in [-0.05, 0) is 50.6 Å². The first-order valence-corrected chi connectivity index (χ1v) is 14.1. The molecule has 11 nitrogen and oxygen atoms in total. The number of halogens is 1. The van der Waals surface area contributed by atoms with E-state index < -0.39 is 29.5 Å². The minimum absolute atomic E-state index is 0. The van der Waals surface area contributed by atoms with Gasteiger partial charge in [-0.2, -0.15) is 5.10 Å². The number of likely N-dealkylation sites (N-methyl/N-ethyl adjacent to an activating group) is 1. The molecular formula is C31H37IN4O7. The van der Waals surface area contributed by atoms with Gasteiger partial charge >= 0.3 is 5.97 Å². The van der Waals surface area contributed by atoms with Crippen LogP contribution in [0.4, 0.5) is 0 Å². The lowest BCUT2D eigenvalue weighted by Crippen LogP contribution is -3.00. The van der Waals surface area contributed by atoms with Crippen LogP contribution in [0.15, 0.2) is 60.9 Å². The number of quaternary nitrogens is 1. The van der Waals surface area contributed by atoms with Crippen molar-refractivity contribution in [2.24, 2.45) is 0 Å². The maximum absolute atomic E-state index is 13.0. The number of hydrogen-bond donors (Lipinski definition) is 0. The van der Waals surface area contributed by atoms with E-state index in [1.807, 2.05) is 29.2 Å². The number of amides is 2. The lowest BCUT2D eigenvalue weighted by Gasteiger charge is -2.37. The largest absolute Gasteiger partial charge is 1.00 e. The monoisotopic (exact) mass is 704 g/mol. The van der Waals surface area contributed by atoms with Crippen molar-refractivity contribution in [1.82, 2.24) is 14.8 Å². The van der Waals surface area contributed by atoms with Crippen molar-refractivity contribution in [3.05, 3.63) is 72.1 Å². The van der Waals surface area contributed by atoms with Crippen LogP contribution in [0.25, 0.3) is 11.1 Å². The molecule has 2 amide bonds. The summed E-state index contributed by atoms with van der Waals surface area (Å²) in [5.74, 6) is -1.56. The Morgan fingerprint density at radius 3 is 2.23 bits per heavy atom. The Labute approximate surface area is 268 Å². The van der Waals surface area contributed by atoms with E-state index in [-0.39, 0.29) is 41.7 Å². The van der Waals surface area contributed by atoms with E-state index in [0.29, 0.717) is 10.8 Å². The van der Waals surface area contributed by atoms with Crippen molar-refractivity contribution >= 4 is 17.8 Å². The van der Waals surface area contributed by atoms with E-state index in [2.05, 4.69) is 12.1 Å². The molecule has 1 saturated heterocycles. The number of fused-ring (bicyclic) bond motifs is 1. The van der Waals surface area contributed by atoms with Crippen LogP contribution < -0.4 is 28.7 Å². The van der Waals surface area contributed by atoms with Crippen molar-refractivity contribution in [3.8, 4) is 16.9 Å². The second kappa shape index (κ2) is 13.5. The molecule has 12 heteroatoms. The Hall–Kier alpha value is -3.33. The minimum atomic E-state index is -1.36. The summed E-state index contributed by atoms with van der Waals surface area (Å²) < 4.78 is 19.8. The predicted molar refractivity (Wildman–Crippen MR) is 152 cm³/mol. The summed E-state index contributed by atoms with van der Waals surface area (Å²) in [4.78, 5) is 44.2. The molecule has 0 radical (unpaired) electrons. The quantitative estimate of drug-likeness (QED) is 0.129. The number of aromatic nitrogens is 2. The van der Waals surface area contributed by atoms with Crippen LogP contribution in [0.5, 0.6) is 5.75 Å². The smallest absolute Gasteiger partial charge is 0.342 e. The first-order chi connectivity index (χ1) is 20.0. The van der Waals surface area contributed by atoms with Crippen LogP contribution in [0.1, 0.15) is 41.5 Å². The van der Waals surface area contributed by atoms with Crippen LogP contribution in [0.3, 0.4) is 0 Å². The van der Waals surface area contributed by atoms with E-state index in [9.17, 15) is 14.4 Å². The summed E-state index contributed by atoms with van der Waals surface area (Å²) >= 11 is 0. The molecule has 1 fully saturated rings. The van der Waals surface area contributed by atoms with Crippen molar-refractivity contribution in [1.29, 1.82) is 0 Å². The van der Waals surface area contributed by atoms with Gasteiger partial charge in [0.15, 0.2) is 0 Å². The van der Waals surface area contributed by atoms with Crippen molar-refractivity contribution in [2.45, 2.75) is 39.0 Å². The van der Waals surface area contributed by atoms with Gasteiger partial charge in [-0.15, -0.1) is 5.06 Å². The highest BCUT2D eigenvalue weighted by atomic mass is 127. The third-order valence-corrected chi connectivity index (χ3v) is 7.30. The summed E-state index contributed by atoms with van der Waals surface area (Å²) in [6.45, 7) is 10.3. The van der Waals surface area contributed by atoms with Crippen molar-refractivity contribution in [3.63, 3.8) is 0 Å². The molecule has 0 bridgehead atoms. The molecule has 0 N–H and O–H groups in total. The zero-order chi connectivity index (χ0) is 29.9. The minimum Gasteiger partial charge on any atom is -1.00 e. The molecule has 0 unspecified atom stereocenters. The van der Waals surface area contributed by atoms with Gasteiger partial charge < -0.3 is 42.7 Å². The van der Waals surface area contributed by atoms with E-state index in [0.717, 1.165) is 55.0 Å². The van der Waals surface area contributed by atoms with Crippen molar-refractivity contribution < 1.29 is 61.9 Å². The third-order valence-electron chi connectivity index (χ3n) is 7.30. The molecule has 1 aromatic heterocycles. The lowest BCUT2D eigenvalue weighted by atomic mass is 10.1. The summed E-state index contributed by atoms with van der Waals surface area (Å²) in [5, 5.41) is 5.13. The Bertz CT molecular complexity index is 1410. The molecule has 230 valence electrons. The fourth-order valence-electron chi connectivity index (χ4n) is 4.80. The van der Waals surface area contributed by atoms with E-state index in [1.165, 1.54) is 12.1 Å². The molecule has 2 aromatic carbocycles. The first kappa shape index (κ1) is 32.6. The van der Waals surface area contributed by atoms with E-state index in [1.54, 1.807) is 45.0 Å². The average molecular weight is 705 g/mol. The lowest BCUT2D eigenvalue weighted by molar-refractivity contribution is -0.917. The number of hydrogen-bond acceptors (Lipinski definition) is 8. The van der Waals surface area contributed by atoms with Crippen LogP contribution in [-0.2, 0) is 25.7 Å². The second-order valence-electron chi connectivity index (χ2n) is 11.8. The van der Waals surface area contributed by atoms with Crippen LogP contribution in [-0.4, -0.2) is 95.3 Å². The van der Waals surface area contributed by atoms with Crippen LogP contribution in [0, 0.1) is 0 Å². The zero-order valence-electron chi connectivity index (χ0n) is 24.8. The maximum Gasteiger partial charge on any atom is 0.342 e. The number of imide groups is 1. The Balaban J connectivity index is 0.00000423. The third kappa shape index (κ3) is 7.99. The average Bonchev–Trinajstić information content (AvgIpc) is 3.53. The second-order valence-corrected chi connectivity index (χ2v) is 11.8. The SMILES string of the molecule is CC(C)(C)OC(=O)[C@H](COc1ccc(-c2cnn(CC[N+]3(C)CCOCC3)c2)cc1)ON1C(=O)c2ccccc2C1=O.[I-]. The molecule has 43 heavy (non-hydrogen) atoms. The normalized spacial score (nSPS) is 16.8. The standard InChI is InChI=1S/C31H37N4O7.HI/c1-31(2,3)41-30(38)27(42-34-28(36)25-7-5-6-8-26(25)29(34)37)21-40-24-11-9-22(10-12-24)23-19-32-33(20-23)13-14-35(4)15-17-39-18-16-35;/h5-12,19-20,27H,13-18,21H2,1-4H3;1H/q+1;/p-1/t27-;/m0./s1. The fraction of sp³-hybridized carbons (Fsp3) is 0.419. The van der Waals surface area contributed by atoms with Gasteiger partial charge in [-0.1, -0.05) is 24.3 Å². The maximum atomic E-state index is 13.0. The zero-order valence-corrected chi connectivity index (χ0v) is 27.0. The molecule has 0 saturated carbocycles. The molecule has 0 aliphatic carbocycles. The number of carbonyl (C=O) groups excluding carboxylic acids is 3. The molecule has 3 aromatic rings. The summed E-state index contributed by atoms with van der Waals surface area (Å²) in [6, 6.07) is 13.7. The highest BCUT2D eigenvalue weighted by Crippen LogP contribution is 2.26. The number of ether oxygens (including phenoxy) is 3. The van der Waals surface area contributed by atoms with Crippen molar-refractivity contribution in [2.75, 3.05) is 46.5 Å². The predicted octanol–water partition coefficient (Wildman–Crippen LogP) is 0.348. The number of hydroxylamine groups is 2. The topological polar surface area (TPSA) is 109 Å². The van der Waals surface area contributed by atoms with Crippen LogP contribution in [0.2, 0.25) is 0 Å². The molecular weight excluding hydrogens is 667 g/mol.